The van der Waals surface area contributed by atoms with E-state index in [4.69, 9.17) is 4.84 Å². The van der Waals surface area contributed by atoms with Crippen LogP contribution in [0.25, 0.3) is 0 Å². The number of aromatic nitrogens is 3. The predicted molar refractivity (Wildman–Crippen MR) is 53.4 cm³/mol. The van der Waals surface area contributed by atoms with E-state index < -0.39 is 0 Å². The average Bonchev–Trinajstić information content (AvgIpc) is 2.94. The van der Waals surface area contributed by atoms with Gasteiger partial charge in [-0.05, 0) is 18.8 Å². The van der Waals surface area contributed by atoms with Crippen molar-refractivity contribution in [2.45, 2.75) is 18.0 Å². The fraction of sp³-hybridized carbons (Fsp3) is 0.750. The molecule has 1 aliphatic carbocycles. The summed E-state index contributed by atoms with van der Waals surface area (Å²) in [6.07, 6.45) is 2.61. The van der Waals surface area contributed by atoms with Gasteiger partial charge in [-0.2, -0.15) is 0 Å². The molecule has 1 aromatic heterocycles. The largest absolute Gasteiger partial charge is 0.410 e. The summed E-state index contributed by atoms with van der Waals surface area (Å²) in [5.74, 6) is 1.84. The zero-order chi connectivity index (χ0) is 10.1. The molecule has 0 amide bonds. The van der Waals surface area contributed by atoms with Crippen LogP contribution in [-0.4, -0.2) is 27.4 Å². The summed E-state index contributed by atoms with van der Waals surface area (Å²) in [4.78, 5) is 16.4. The predicted octanol–water partition coefficient (Wildman–Crippen LogP) is 0.142. The second kappa shape index (κ2) is 3.68. The Morgan fingerprint density at radius 3 is 2.93 bits per heavy atom. The standard InChI is InChI=1S/C8H13N3O2S/c1-10-8(12)11(13-2)7(9-10)14-5-6-3-4-6/h6H,3-5H2,1-2H3. The summed E-state index contributed by atoms with van der Waals surface area (Å²) in [6.45, 7) is 0. The van der Waals surface area contributed by atoms with Crippen LogP contribution in [0.1, 0.15) is 12.8 Å². The van der Waals surface area contributed by atoms with Crippen molar-refractivity contribution in [1.29, 1.82) is 0 Å². The van der Waals surface area contributed by atoms with Crippen molar-refractivity contribution in [3.8, 4) is 0 Å². The van der Waals surface area contributed by atoms with E-state index in [1.807, 2.05) is 0 Å². The highest BCUT2D eigenvalue weighted by Crippen LogP contribution is 2.34. The third-order valence-electron chi connectivity index (χ3n) is 2.19. The third-order valence-corrected chi connectivity index (χ3v) is 3.33. The van der Waals surface area contributed by atoms with Crippen LogP contribution in [0, 0.1) is 5.92 Å². The number of aryl methyl sites for hydroxylation is 1. The monoisotopic (exact) mass is 215 g/mol. The third kappa shape index (κ3) is 1.79. The molecule has 1 aliphatic rings. The van der Waals surface area contributed by atoms with Gasteiger partial charge in [0.2, 0.25) is 5.16 Å². The number of nitrogens with zero attached hydrogens (tertiary/aromatic N) is 3. The summed E-state index contributed by atoms with van der Waals surface area (Å²) in [7, 11) is 3.10. The van der Waals surface area contributed by atoms with Gasteiger partial charge in [-0.15, -0.1) is 9.83 Å². The van der Waals surface area contributed by atoms with Crippen molar-refractivity contribution < 1.29 is 4.84 Å². The van der Waals surface area contributed by atoms with Gasteiger partial charge < -0.3 is 4.84 Å². The lowest BCUT2D eigenvalue weighted by atomic mass is 10.5. The average molecular weight is 215 g/mol. The van der Waals surface area contributed by atoms with E-state index in [0.29, 0.717) is 5.16 Å². The number of thioether (sulfide) groups is 1. The molecular weight excluding hydrogens is 202 g/mol. The second-order valence-corrected chi connectivity index (χ2v) is 4.41. The minimum atomic E-state index is -0.231. The Morgan fingerprint density at radius 1 is 1.64 bits per heavy atom. The van der Waals surface area contributed by atoms with Crippen molar-refractivity contribution in [1.82, 2.24) is 14.5 Å². The van der Waals surface area contributed by atoms with Crippen LogP contribution in [0.2, 0.25) is 0 Å². The van der Waals surface area contributed by atoms with E-state index in [9.17, 15) is 4.79 Å². The zero-order valence-electron chi connectivity index (χ0n) is 8.27. The highest BCUT2D eigenvalue weighted by molar-refractivity contribution is 7.99. The normalized spacial score (nSPS) is 15.9. The van der Waals surface area contributed by atoms with Gasteiger partial charge in [-0.25, -0.2) is 9.48 Å². The molecule has 78 valence electrons. The lowest BCUT2D eigenvalue weighted by Crippen LogP contribution is -2.26. The lowest BCUT2D eigenvalue weighted by Gasteiger charge is -2.00. The Balaban J connectivity index is 2.13. The first kappa shape index (κ1) is 9.64. The maximum atomic E-state index is 11.4. The maximum Gasteiger partial charge on any atom is 0.379 e. The highest BCUT2D eigenvalue weighted by Gasteiger charge is 2.23. The molecule has 0 spiro atoms. The molecule has 0 saturated heterocycles. The molecule has 0 N–H and O–H groups in total. The Labute approximate surface area is 86.0 Å². The molecule has 0 radical (unpaired) electrons. The highest BCUT2D eigenvalue weighted by atomic mass is 32.2. The van der Waals surface area contributed by atoms with Gasteiger partial charge in [0.15, 0.2) is 0 Å². The van der Waals surface area contributed by atoms with Crippen LogP contribution in [-0.2, 0) is 7.05 Å². The molecular formula is C8H13N3O2S. The van der Waals surface area contributed by atoms with E-state index in [2.05, 4.69) is 5.10 Å². The van der Waals surface area contributed by atoms with E-state index in [1.54, 1.807) is 18.8 Å². The summed E-state index contributed by atoms with van der Waals surface area (Å²) in [5.41, 5.74) is -0.231. The van der Waals surface area contributed by atoms with E-state index in [-0.39, 0.29) is 5.69 Å². The summed E-state index contributed by atoms with van der Waals surface area (Å²) in [6, 6.07) is 0. The first-order valence-corrected chi connectivity index (χ1v) is 5.54. The molecule has 0 aliphatic heterocycles. The van der Waals surface area contributed by atoms with Gasteiger partial charge in [0.25, 0.3) is 0 Å². The van der Waals surface area contributed by atoms with Crippen LogP contribution >= 0.6 is 11.8 Å². The Hall–Kier alpha value is -0.910. The van der Waals surface area contributed by atoms with Crippen LogP contribution < -0.4 is 10.5 Å². The molecule has 0 atom stereocenters. The lowest BCUT2D eigenvalue weighted by molar-refractivity contribution is 0.134. The molecule has 1 aromatic rings. The Kier molecular flexibility index (Phi) is 2.54. The molecule has 5 nitrogen and oxygen atoms in total. The summed E-state index contributed by atoms with van der Waals surface area (Å²) in [5, 5.41) is 4.73. The summed E-state index contributed by atoms with van der Waals surface area (Å²) >= 11 is 1.58. The van der Waals surface area contributed by atoms with Crippen LogP contribution in [0.15, 0.2) is 9.95 Å². The van der Waals surface area contributed by atoms with E-state index in [0.717, 1.165) is 11.7 Å². The SMILES string of the molecule is COn1c(SCC2CC2)nn(C)c1=O. The minimum Gasteiger partial charge on any atom is -0.410 e. The molecule has 6 heteroatoms. The fourth-order valence-corrected chi connectivity index (χ4v) is 2.31. The van der Waals surface area contributed by atoms with E-state index >= 15 is 0 Å². The molecule has 2 rings (SSSR count). The van der Waals surface area contributed by atoms with Gasteiger partial charge >= 0.3 is 5.69 Å². The van der Waals surface area contributed by atoms with Gasteiger partial charge in [-0.1, -0.05) is 11.8 Å². The van der Waals surface area contributed by atoms with Gasteiger partial charge in [0.1, 0.15) is 7.11 Å². The first-order chi connectivity index (χ1) is 6.72. The number of hydrogen-bond acceptors (Lipinski definition) is 4. The van der Waals surface area contributed by atoms with Crippen molar-refractivity contribution in [2.24, 2.45) is 13.0 Å². The Bertz CT molecular complexity index is 380. The van der Waals surface area contributed by atoms with E-state index in [1.165, 1.54) is 29.4 Å². The van der Waals surface area contributed by atoms with Gasteiger partial charge in [0.05, 0.1) is 0 Å². The van der Waals surface area contributed by atoms with Crippen LogP contribution in [0.3, 0.4) is 0 Å². The summed E-state index contributed by atoms with van der Waals surface area (Å²) < 4.78 is 2.52. The molecule has 0 bridgehead atoms. The molecule has 14 heavy (non-hydrogen) atoms. The zero-order valence-corrected chi connectivity index (χ0v) is 9.08. The van der Waals surface area contributed by atoms with Gasteiger partial charge in [-0.3, -0.25) is 0 Å². The smallest absolute Gasteiger partial charge is 0.379 e. The maximum absolute atomic E-state index is 11.4. The number of hydrogen-bond donors (Lipinski definition) is 0. The fourth-order valence-electron chi connectivity index (χ4n) is 1.15. The molecule has 1 heterocycles. The molecule has 0 aromatic carbocycles. The number of rotatable bonds is 4. The van der Waals surface area contributed by atoms with Crippen LogP contribution in [0.5, 0.6) is 0 Å². The second-order valence-electron chi connectivity index (χ2n) is 3.42. The molecule has 0 unspecified atom stereocenters. The molecule has 1 fully saturated rings. The van der Waals surface area contributed by atoms with Crippen molar-refractivity contribution in [3.05, 3.63) is 10.5 Å². The van der Waals surface area contributed by atoms with Crippen molar-refractivity contribution >= 4 is 11.8 Å². The minimum absolute atomic E-state index is 0.231. The van der Waals surface area contributed by atoms with Crippen molar-refractivity contribution in [2.75, 3.05) is 12.9 Å². The first-order valence-electron chi connectivity index (χ1n) is 4.55. The quantitative estimate of drug-likeness (QED) is 0.670. The van der Waals surface area contributed by atoms with Gasteiger partial charge in [0, 0.05) is 12.8 Å². The van der Waals surface area contributed by atoms with Crippen molar-refractivity contribution in [3.63, 3.8) is 0 Å². The van der Waals surface area contributed by atoms with Crippen LogP contribution in [0.4, 0.5) is 0 Å². The Morgan fingerprint density at radius 2 is 2.36 bits per heavy atom. The molecule has 1 saturated carbocycles. The topological polar surface area (TPSA) is 49.0 Å².